The summed E-state index contributed by atoms with van der Waals surface area (Å²) in [5.41, 5.74) is 1.48. The molecule has 1 N–H and O–H groups in total. The van der Waals surface area contributed by atoms with Gasteiger partial charge in [0.15, 0.2) is 0 Å². The Bertz CT molecular complexity index is 514. The Hall–Kier alpha value is -1.36. The highest BCUT2D eigenvalue weighted by atomic mass is 16.1. The normalized spacial score (nSPS) is 23.3. The summed E-state index contributed by atoms with van der Waals surface area (Å²) in [6.45, 7) is 3.90. The Kier molecular flexibility index (Phi) is 5.36. The molecule has 0 spiro atoms. The molecule has 0 aromatic carbocycles. The summed E-state index contributed by atoms with van der Waals surface area (Å²) >= 11 is 0. The number of aromatic nitrogens is 2. The SMILES string of the molecule is Cc1ncn(C)c1C(=O)NCCC1CCCCN1C1CCCC1. The minimum Gasteiger partial charge on any atom is -0.351 e. The molecule has 1 aromatic rings. The van der Waals surface area contributed by atoms with Gasteiger partial charge in [0.05, 0.1) is 12.0 Å². The number of nitrogens with zero attached hydrogens (tertiary/aromatic N) is 3. The maximum atomic E-state index is 12.3. The standard InChI is InChI=1S/C18H30N4O/c1-14-17(21(2)13-20-14)18(23)19-11-10-16-9-5-6-12-22(16)15-7-3-4-8-15/h13,15-16H,3-12H2,1-2H3,(H,19,23). The lowest BCUT2D eigenvalue weighted by Crippen LogP contribution is -2.46. The van der Waals surface area contributed by atoms with Gasteiger partial charge in [-0.3, -0.25) is 9.69 Å². The van der Waals surface area contributed by atoms with Gasteiger partial charge in [-0.25, -0.2) is 4.98 Å². The van der Waals surface area contributed by atoms with Crippen LogP contribution in [-0.4, -0.2) is 45.5 Å². The van der Waals surface area contributed by atoms with E-state index in [-0.39, 0.29) is 5.91 Å². The van der Waals surface area contributed by atoms with Crippen molar-refractivity contribution in [3.8, 4) is 0 Å². The highest BCUT2D eigenvalue weighted by Gasteiger charge is 2.30. The number of hydrogen-bond acceptors (Lipinski definition) is 3. The summed E-state index contributed by atoms with van der Waals surface area (Å²) in [6.07, 6.45) is 12.3. The van der Waals surface area contributed by atoms with Crippen molar-refractivity contribution in [2.24, 2.45) is 7.05 Å². The van der Waals surface area contributed by atoms with Crippen LogP contribution in [0.4, 0.5) is 0 Å². The molecule has 5 nitrogen and oxygen atoms in total. The summed E-state index contributed by atoms with van der Waals surface area (Å²) in [4.78, 5) is 19.3. The molecule has 3 rings (SSSR count). The zero-order valence-electron chi connectivity index (χ0n) is 14.6. The van der Waals surface area contributed by atoms with Gasteiger partial charge >= 0.3 is 0 Å². The molecule has 0 radical (unpaired) electrons. The largest absolute Gasteiger partial charge is 0.351 e. The third-order valence-electron chi connectivity index (χ3n) is 5.56. The van der Waals surface area contributed by atoms with Crippen molar-refractivity contribution in [1.29, 1.82) is 0 Å². The summed E-state index contributed by atoms with van der Waals surface area (Å²) in [6, 6.07) is 1.45. The highest BCUT2D eigenvalue weighted by molar-refractivity contribution is 5.93. The molecular formula is C18H30N4O. The molecule has 1 atom stereocenters. The number of carbonyl (C=O) groups excluding carboxylic acids is 1. The van der Waals surface area contributed by atoms with Crippen LogP contribution in [0.15, 0.2) is 6.33 Å². The number of imidazole rings is 1. The first-order chi connectivity index (χ1) is 11.2. The maximum absolute atomic E-state index is 12.3. The molecule has 23 heavy (non-hydrogen) atoms. The number of piperidine rings is 1. The second-order valence-corrected chi connectivity index (χ2v) is 7.16. The van der Waals surface area contributed by atoms with Gasteiger partial charge in [0.25, 0.3) is 5.91 Å². The second kappa shape index (κ2) is 7.47. The smallest absolute Gasteiger partial charge is 0.269 e. The fraction of sp³-hybridized carbons (Fsp3) is 0.778. The van der Waals surface area contributed by atoms with Gasteiger partial charge in [-0.15, -0.1) is 0 Å². The predicted octanol–water partition coefficient (Wildman–Crippen LogP) is 2.65. The van der Waals surface area contributed by atoms with Gasteiger partial charge in [-0.2, -0.15) is 0 Å². The van der Waals surface area contributed by atoms with E-state index in [0.717, 1.165) is 24.7 Å². The van der Waals surface area contributed by atoms with E-state index < -0.39 is 0 Å². The average molecular weight is 318 g/mol. The van der Waals surface area contributed by atoms with E-state index in [9.17, 15) is 4.79 Å². The van der Waals surface area contributed by atoms with Crippen LogP contribution in [-0.2, 0) is 7.05 Å². The molecule has 2 heterocycles. The van der Waals surface area contributed by atoms with Crippen molar-refractivity contribution in [1.82, 2.24) is 19.8 Å². The lowest BCUT2D eigenvalue weighted by Gasteiger charge is -2.40. The molecule has 1 aliphatic carbocycles. The lowest BCUT2D eigenvalue weighted by atomic mass is 9.96. The van der Waals surface area contributed by atoms with Crippen molar-refractivity contribution < 1.29 is 4.79 Å². The summed E-state index contributed by atoms with van der Waals surface area (Å²) < 4.78 is 1.80. The van der Waals surface area contributed by atoms with Gasteiger partial charge in [-0.05, 0) is 45.6 Å². The van der Waals surface area contributed by atoms with Crippen LogP contribution >= 0.6 is 0 Å². The number of hydrogen-bond donors (Lipinski definition) is 1. The molecule has 1 saturated heterocycles. The van der Waals surface area contributed by atoms with Crippen LogP contribution in [0.5, 0.6) is 0 Å². The van der Waals surface area contributed by atoms with Crippen molar-refractivity contribution in [3.63, 3.8) is 0 Å². The molecule has 1 amide bonds. The quantitative estimate of drug-likeness (QED) is 0.908. The topological polar surface area (TPSA) is 50.2 Å². The predicted molar refractivity (Wildman–Crippen MR) is 91.5 cm³/mol. The van der Waals surface area contributed by atoms with Crippen LogP contribution in [0.3, 0.4) is 0 Å². The zero-order chi connectivity index (χ0) is 16.2. The number of aryl methyl sites for hydroxylation is 2. The van der Waals surface area contributed by atoms with E-state index >= 15 is 0 Å². The van der Waals surface area contributed by atoms with E-state index in [4.69, 9.17) is 0 Å². The Labute approximate surface area is 139 Å². The van der Waals surface area contributed by atoms with Crippen LogP contribution in [0.2, 0.25) is 0 Å². The zero-order valence-corrected chi connectivity index (χ0v) is 14.6. The fourth-order valence-electron chi connectivity index (χ4n) is 4.36. The van der Waals surface area contributed by atoms with Crippen molar-refractivity contribution in [2.75, 3.05) is 13.1 Å². The summed E-state index contributed by atoms with van der Waals surface area (Å²) in [5.74, 6) is 0.00530. The third kappa shape index (κ3) is 3.77. The van der Waals surface area contributed by atoms with Crippen LogP contribution in [0.25, 0.3) is 0 Å². The Morgan fingerprint density at radius 3 is 2.70 bits per heavy atom. The first kappa shape index (κ1) is 16.5. The highest BCUT2D eigenvalue weighted by Crippen LogP contribution is 2.30. The van der Waals surface area contributed by atoms with Gasteiger partial charge in [0.2, 0.25) is 0 Å². The summed E-state index contributed by atoms with van der Waals surface area (Å²) in [7, 11) is 1.87. The van der Waals surface area contributed by atoms with Gasteiger partial charge in [0, 0.05) is 25.7 Å². The molecule has 2 fully saturated rings. The molecule has 128 valence electrons. The van der Waals surface area contributed by atoms with E-state index in [1.165, 1.54) is 51.5 Å². The Morgan fingerprint density at radius 2 is 2.00 bits per heavy atom. The van der Waals surface area contributed by atoms with Crippen LogP contribution in [0.1, 0.15) is 67.5 Å². The minimum absolute atomic E-state index is 0.00530. The van der Waals surface area contributed by atoms with Gasteiger partial charge < -0.3 is 9.88 Å². The maximum Gasteiger partial charge on any atom is 0.269 e. The fourth-order valence-corrected chi connectivity index (χ4v) is 4.36. The minimum atomic E-state index is 0.00530. The molecular weight excluding hydrogens is 288 g/mol. The number of rotatable bonds is 5. The number of likely N-dealkylation sites (tertiary alicyclic amines) is 1. The lowest BCUT2D eigenvalue weighted by molar-refractivity contribution is 0.0856. The van der Waals surface area contributed by atoms with Crippen molar-refractivity contribution in [2.45, 2.75) is 70.4 Å². The monoisotopic (exact) mass is 318 g/mol. The van der Waals surface area contributed by atoms with Crippen LogP contribution in [0, 0.1) is 6.92 Å². The molecule has 2 aliphatic rings. The van der Waals surface area contributed by atoms with Crippen molar-refractivity contribution in [3.05, 3.63) is 17.7 Å². The molecule has 5 heteroatoms. The molecule has 1 aliphatic heterocycles. The number of amides is 1. The van der Waals surface area contributed by atoms with E-state index in [2.05, 4.69) is 15.2 Å². The first-order valence-electron chi connectivity index (χ1n) is 9.18. The van der Waals surface area contributed by atoms with Gasteiger partial charge in [0.1, 0.15) is 5.69 Å². The molecule has 1 saturated carbocycles. The van der Waals surface area contributed by atoms with Crippen molar-refractivity contribution >= 4 is 5.91 Å². The Balaban J connectivity index is 1.51. The van der Waals surface area contributed by atoms with Crippen LogP contribution < -0.4 is 5.32 Å². The second-order valence-electron chi connectivity index (χ2n) is 7.16. The summed E-state index contributed by atoms with van der Waals surface area (Å²) in [5, 5.41) is 3.10. The number of nitrogens with one attached hydrogen (secondary N) is 1. The molecule has 0 bridgehead atoms. The average Bonchev–Trinajstić information content (AvgIpc) is 3.18. The number of carbonyl (C=O) groups is 1. The molecule has 1 unspecified atom stereocenters. The first-order valence-corrected chi connectivity index (χ1v) is 9.18. The third-order valence-corrected chi connectivity index (χ3v) is 5.56. The molecule has 1 aromatic heterocycles. The van der Waals surface area contributed by atoms with E-state index in [1.54, 1.807) is 10.9 Å². The Morgan fingerprint density at radius 1 is 1.26 bits per heavy atom. The van der Waals surface area contributed by atoms with E-state index in [0.29, 0.717) is 11.7 Å². The van der Waals surface area contributed by atoms with Gasteiger partial charge in [-0.1, -0.05) is 19.3 Å². The van der Waals surface area contributed by atoms with E-state index in [1.807, 2.05) is 14.0 Å².